The molecule has 1 aliphatic carbocycles. The number of carboxylic acids is 1. The van der Waals surface area contributed by atoms with Gasteiger partial charge in [-0.2, -0.15) is 0 Å². The van der Waals surface area contributed by atoms with Crippen molar-refractivity contribution in [1.82, 2.24) is 0 Å². The van der Waals surface area contributed by atoms with Gasteiger partial charge in [-0.3, -0.25) is 4.79 Å². The lowest BCUT2D eigenvalue weighted by molar-refractivity contribution is -0.143. The molecule has 0 heterocycles. The van der Waals surface area contributed by atoms with Crippen LogP contribution in [0.2, 0.25) is 0 Å². The lowest BCUT2D eigenvalue weighted by atomic mass is 10.0. The van der Waals surface area contributed by atoms with Gasteiger partial charge in [-0.05, 0) is 37.5 Å². The number of benzene rings is 1. The quantitative estimate of drug-likeness (QED) is 0.855. The number of nitrogens with zero attached hydrogens (tertiary/aromatic N) is 1. The first-order valence-electron chi connectivity index (χ1n) is 5.74. The van der Waals surface area contributed by atoms with E-state index >= 15 is 0 Å². The molecule has 1 fully saturated rings. The predicted octanol–water partition coefficient (Wildman–Crippen LogP) is 2.52. The molecular formula is C13H16FNO2. The van der Waals surface area contributed by atoms with Crippen molar-refractivity contribution in [2.75, 3.05) is 18.5 Å². The molecule has 92 valence electrons. The van der Waals surface area contributed by atoms with E-state index in [1.54, 1.807) is 6.07 Å². The molecular weight excluding hydrogens is 221 g/mol. The van der Waals surface area contributed by atoms with Gasteiger partial charge >= 0.3 is 5.97 Å². The van der Waals surface area contributed by atoms with E-state index in [1.165, 1.54) is 12.1 Å². The van der Waals surface area contributed by atoms with Gasteiger partial charge < -0.3 is 10.0 Å². The summed E-state index contributed by atoms with van der Waals surface area (Å²) < 4.78 is 13.0. The lowest BCUT2D eigenvalue weighted by Gasteiger charge is -2.21. The van der Waals surface area contributed by atoms with Gasteiger partial charge in [0.2, 0.25) is 0 Å². The highest BCUT2D eigenvalue weighted by molar-refractivity contribution is 5.77. The zero-order valence-electron chi connectivity index (χ0n) is 9.82. The van der Waals surface area contributed by atoms with E-state index in [0.29, 0.717) is 13.0 Å². The van der Waals surface area contributed by atoms with Crippen molar-refractivity contribution in [3.63, 3.8) is 0 Å². The van der Waals surface area contributed by atoms with E-state index in [0.717, 1.165) is 18.5 Å². The molecule has 1 aliphatic rings. The van der Waals surface area contributed by atoms with Crippen LogP contribution in [0.4, 0.5) is 10.1 Å². The van der Waals surface area contributed by atoms with Crippen molar-refractivity contribution >= 4 is 11.7 Å². The van der Waals surface area contributed by atoms with Crippen LogP contribution in [-0.2, 0) is 4.79 Å². The Hall–Kier alpha value is -1.58. The van der Waals surface area contributed by atoms with Crippen molar-refractivity contribution in [3.05, 3.63) is 30.1 Å². The van der Waals surface area contributed by atoms with Crippen LogP contribution in [0.25, 0.3) is 0 Å². The molecule has 0 unspecified atom stereocenters. The van der Waals surface area contributed by atoms with Gasteiger partial charge in [0.25, 0.3) is 0 Å². The monoisotopic (exact) mass is 237 g/mol. The van der Waals surface area contributed by atoms with E-state index in [-0.39, 0.29) is 5.82 Å². The first kappa shape index (κ1) is 11.9. The zero-order valence-corrected chi connectivity index (χ0v) is 9.82. The van der Waals surface area contributed by atoms with E-state index < -0.39 is 11.4 Å². The first-order chi connectivity index (χ1) is 8.03. The number of aliphatic carboxylic acids is 1. The molecule has 17 heavy (non-hydrogen) atoms. The average Bonchev–Trinajstić information content (AvgIpc) is 3.07. The van der Waals surface area contributed by atoms with Crippen LogP contribution < -0.4 is 4.90 Å². The van der Waals surface area contributed by atoms with E-state index in [4.69, 9.17) is 5.11 Å². The van der Waals surface area contributed by atoms with Crippen molar-refractivity contribution in [1.29, 1.82) is 0 Å². The maximum atomic E-state index is 13.0. The largest absolute Gasteiger partial charge is 0.481 e. The molecule has 0 atom stereocenters. The SMILES string of the molecule is CN(CCC1(C(=O)O)CC1)c1cccc(F)c1. The fraction of sp³-hybridized carbons (Fsp3) is 0.462. The van der Waals surface area contributed by atoms with Crippen LogP contribution in [0, 0.1) is 11.2 Å². The standard InChI is InChI=1S/C13H16FNO2/c1-15(11-4-2-3-10(14)9-11)8-7-13(5-6-13)12(16)17/h2-4,9H,5-8H2,1H3,(H,16,17). The van der Waals surface area contributed by atoms with Crippen LogP contribution in [-0.4, -0.2) is 24.7 Å². The fourth-order valence-electron chi connectivity index (χ4n) is 1.95. The third-order valence-corrected chi connectivity index (χ3v) is 3.48. The third-order valence-electron chi connectivity index (χ3n) is 3.48. The summed E-state index contributed by atoms with van der Waals surface area (Å²) in [7, 11) is 1.85. The van der Waals surface area contributed by atoms with Crippen LogP contribution >= 0.6 is 0 Å². The normalized spacial score (nSPS) is 16.6. The lowest BCUT2D eigenvalue weighted by Crippen LogP contribution is -2.25. The second kappa shape index (κ2) is 4.35. The minimum Gasteiger partial charge on any atom is -0.481 e. The third kappa shape index (κ3) is 2.57. The number of hydrogen-bond acceptors (Lipinski definition) is 2. The maximum absolute atomic E-state index is 13.0. The number of hydrogen-bond donors (Lipinski definition) is 1. The molecule has 3 nitrogen and oxygen atoms in total. The van der Waals surface area contributed by atoms with Crippen molar-refractivity contribution in [2.45, 2.75) is 19.3 Å². The topological polar surface area (TPSA) is 40.5 Å². The van der Waals surface area contributed by atoms with Crippen LogP contribution in [0.1, 0.15) is 19.3 Å². The Balaban J connectivity index is 1.94. The van der Waals surface area contributed by atoms with Crippen LogP contribution in [0.5, 0.6) is 0 Å². The summed E-state index contributed by atoms with van der Waals surface area (Å²) >= 11 is 0. The number of rotatable bonds is 5. The van der Waals surface area contributed by atoms with Crippen LogP contribution in [0.15, 0.2) is 24.3 Å². The summed E-state index contributed by atoms with van der Waals surface area (Å²) in [5.41, 5.74) is 0.271. The summed E-state index contributed by atoms with van der Waals surface area (Å²) in [6, 6.07) is 6.34. The number of carbonyl (C=O) groups is 1. The Morgan fingerprint density at radius 2 is 2.24 bits per heavy atom. The molecule has 0 aromatic heterocycles. The van der Waals surface area contributed by atoms with Crippen molar-refractivity contribution in [2.24, 2.45) is 5.41 Å². The molecule has 0 bridgehead atoms. The highest BCUT2D eigenvalue weighted by Gasteiger charge is 2.49. The summed E-state index contributed by atoms with van der Waals surface area (Å²) in [4.78, 5) is 12.9. The fourth-order valence-corrected chi connectivity index (χ4v) is 1.95. The molecule has 1 aromatic rings. The van der Waals surface area contributed by atoms with Gasteiger partial charge in [0.1, 0.15) is 5.82 Å². The second-order valence-electron chi connectivity index (χ2n) is 4.74. The second-order valence-corrected chi connectivity index (χ2v) is 4.74. The molecule has 2 rings (SSSR count). The molecule has 0 amide bonds. The van der Waals surface area contributed by atoms with Gasteiger partial charge in [0, 0.05) is 19.3 Å². The first-order valence-corrected chi connectivity index (χ1v) is 5.74. The zero-order chi connectivity index (χ0) is 12.5. The molecule has 4 heteroatoms. The molecule has 1 N–H and O–H groups in total. The van der Waals surface area contributed by atoms with E-state index in [1.807, 2.05) is 18.0 Å². The predicted molar refractivity (Wildman–Crippen MR) is 63.6 cm³/mol. The van der Waals surface area contributed by atoms with E-state index in [2.05, 4.69) is 0 Å². The van der Waals surface area contributed by atoms with Gasteiger partial charge in [0.05, 0.1) is 5.41 Å². The van der Waals surface area contributed by atoms with Gasteiger partial charge in [-0.15, -0.1) is 0 Å². The number of anilines is 1. The molecule has 0 radical (unpaired) electrons. The van der Waals surface area contributed by atoms with E-state index in [9.17, 15) is 9.18 Å². The smallest absolute Gasteiger partial charge is 0.309 e. The Kier molecular flexibility index (Phi) is 3.05. The summed E-state index contributed by atoms with van der Waals surface area (Å²) in [5, 5.41) is 9.05. The number of carboxylic acid groups (broad SMARTS) is 1. The Morgan fingerprint density at radius 3 is 2.76 bits per heavy atom. The highest BCUT2D eigenvalue weighted by Crippen LogP contribution is 2.49. The summed E-state index contributed by atoms with van der Waals surface area (Å²) in [6.45, 7) is 0.635. The van der Waals surface area contributed by atoms with Gasteiger partial charge in [-0.1, -0.05) is 6.07 Å². The van der Waals surface area contributed by atoms with Gasteiger partial charge in [0.15, 0.2) is 0 Å². The molecule has 0 spiro atoms. The molecule has 1 aromatic carbocycles. The Morgan fingerprint density at radius 1 is 1.53 bits per heavy atom. The Bertz CT molecular complexity index is 429. The van der Waals surface area contributed by atoms with Crippen molar-refractivity contribution < 1.29 is 14.3 Å². The molecule has 1 saturated carbocycles. The molecule has 0 aliphatic heterocycles. The summed E-state index contributed by atoms with van der Waals surface area (Å²) in [5.74, 6) is -0.973. The minimum absolute atomic E-state index is 0.270. The van der Waals surface area contributed by atoms with Crippen molar-refractivity contribution in [3.8, 4) is 0 Å². The summed E-state index contributed by atoms with van der Waals surface area (Å²) in [6.07, 6.45) is 2.15. The van der Waals surface area contributed by atoms with Gasteiger partial charge in [-0.25, -0.2) is 4.39 Å². The Labute approximate surface area is 99.9 Å². The molecule has 0 saturated heterocycles. The highest BCUT2D eigenvalue weighted by atomic mass is 19.1. The maximum Gasteiger partial charge on any atom is 0.309 e. The number of halogens is 1. The average molecular weight is 237 g/mol. The minimum atomic E-state index is -0.704. The van der Waals surface area contributed by atoms with Crippen LogP contribution in [0.3, 0.4) is 0 Å².